The summed E-state index contributed by atoms with van der Waals surface area (Å²) >= 11 is 1.11. The smallest absolute Gasteiger partial charge is 0.347 e. The van der Waals surface area contributed by atoms with Gasteiger partial charge in [-0.3, -0.25) is 0 Å². The van der Waals surface area contributed by atoms with Gasteiger partial charge in [0, 0.05) is 5.56 Å². The molecule has 4 nitrogen and oxygen atoms in total. The highest BCUT2D eigenvalue weighted by atomic mass is 32.1. The maximum absolute atomic E-state index is 14.0. The van der Waals surface area contributed by atoms with Crippen molar-refractivity contribution in [2.24, 2.45) is 0 Å². The number of carboxylic acids is 1. The molecule has 0 amide bonds. The number of rotatable bonds is 5. The third kappa shape index (κ3) is 3.34. The van der Waals surface area contributed by atoms with E-state index in [2.05, 4.69) is 4.98 Å². The van der Waals surface area contributed by atoms with E-state index >= 15 is 0 Å². The largest absolute Gasteiger partial charge is 0.488 e. The van der Waals surface area contributed by atoms with Crippen LogP contribution in [0, 0.1) is 12.7 Å². The first-order valence-electron chi connectivity index (χ1n) is 8.63. The number of aromatic nitrogens is 1. The molecule has 0 aliphatic heterocycles. The molecule has 0 fully saturated rings. The first-order chi connectivity index (χ1) is 13.5. The minimum atomic E-state index is -1.00. The third-order valence-corrected chi connectivity index (χ3v) is 5.60. The molecule has 0 saturated carbocycles. The van der Waals surface area contributed by atoms with Crippen LogP contribution in [0.2, 0.25) is 0 Å². The molecule has 6 heteroatoms. The van der Waals surface area contributed by atoms with E-state index in [0.717, 1.165) is 27.7 Å². The van der Waals surface area contributed by atoms with Crippen LogP contribution in [0.5, 0.6) is 5.75 Å². The summed E-state index contributed by atoms with van der Waals surface area (Å²) in [5.74, 6) is -0.800. The van der Waals surface area contributed by atoms with Crippen LogP contribution >= 0.6 is 11.3 Å². The molecule has 1 N–H and O–H groups in total. The summed E-state index contributed by atoms with van der Waals surface area (Å²) in [7, 11) is 0. The lowest BCUT2D eigenvalue weighted by molar-refractivity contribution is 0.0701. The van der Waals surface area contributed by atoms with Crippen molar-refractivity contribution in [3.05, 3.63) is 82.6 Å². The number of ether oxygens (including phenoxy) is 1. The van der Waals surface area contributed by atoms with Gasteiger partial charge in [0.1, 0.15) is 28.1 Å². The minimum absolute atomic E-state index is 0.0636. The van der Waals surface area contributed by atoms with Crippen molar-refractivity contribution in [1.29, 1.82) is 0 Å². The summed E-state index contributed by atoms with van der Waals surface area (Å²) in [5.41, 5.74) is 1.62. The first kappa shape index (κ1) is 18.1. The number of thiazole rings is 1. The summed E-state index contributed by atoms with van der Waals surface area (Å²) < 4.78 is 19.9. The summed E-state index contributed by atoms with van der Waals surface area (Å²) in [6.45, 7) is 1.74. The van der Waals surface area contributed by atoms with Crippen molar-refractivity contribution >= 4 is 28.1 Å². The highest BCUT2D eigenvalue weighted by Crippen LogP contribution is 2.40. The van der Waals surface area contributed by atoms with Crippen LogP contribution in [0.4, 0.5) is 4.39 Å². The number of aryl methyl sites for hydroxylation is 1. The lowest BCUT2D eigenvalue weighted by atomic mass is 10.0. The molecule has 4 rings (SSSR count). The van der Waals surface area contributed by atoms with Crippen molar-refractivity contribution in [3.8, 4) is 16.3 Å². The molecule has 4 aromatic rings. The Morgan fingerprint density at radius 3 is 2.61 bits per heavy atom. The first-order valence-corrected chi connectivity index (χ1v) is 9.45. The van der Waals surface area contributed by atoms with E-state index in [1.54, 1.807) is 25.1 Å². The Kier molecular flexibility index (Phi) is 4.79. The molecule has 0 saturated heterocycles. The van der Waals surface area contributed by atoms with Crippen molar-refractivity contribution in [2.75, 3.05) is 0 Å². The van der Waals surface area contributed by atoms with Crippen LogP contribution in [0.15, 0.2) is 60.7 Å². The van der Waals surface area contributed by atoms with Crippen molar-refractivity contribution in [3.63, 3.8) is 0 Å². The normalized spacial score (nSPS) is 10.9. The second-order valence-electron chi connectivity index (χ2n) is 6.28. The van der Waals surface area contributed by atoms with Gasteiger partial charge < -0.3 is 9.84 Å². The van der Waals surface area contributed by atoms with Crippen molar-refractivity contribution in [1.82, 2.24) is 4.98 Å². The molecule has 1 heterocycles. The van der Waals surface area contributed by atoms with Gasteiger partial charge in [0.25, 0.3) is 0 Å². The highest BCUT2D eigenvalue weighted by Gasteiger charge is 2.20. The summed E-state index contributed by atoms with van der Waals surface area (Å²) in [4.78, 5) is 16.1. The lowest BCUT2D eigenvalue weighted by Crippen LogP contribution is -2.00. The summed E-state index contributed by atoms with van der Waals surface area (Å²) in [6, 6.07) is 17.9. The lowest BCUT2D eigenvalue weighted by Gasteiger charge is -2.13. The van der Waals surface area contributed by atoms with Crippen LogP contribution in [0.1, 0.15) is 20.9 Å². The van der Waals surface area contributed by atoms with E-state index in [1.807, 2.05) is 36.4 Å². The third-order valence-electron chi connectivity index (χ3n) is 4.44. The molecular formula is C22H16FNO3S. The number of halogens is 1. The summed E-state index contributed by atoms with van der Waals surface area (Å²) in [5, 5.41) is 11.8. The summed E-state index contributed by atoms with van der Waals surface area (Å²) in [6.07, 6.45) is 0. The molecule has 140 valence electrons. The quantitative estimate of drug-likeness (QED) is 0.473. The minimum Gasteiger partial charge on any atom is -0.488 e. The standard InChI is InChI=1S/C22H16FNO3S/c1-13-20(22(25)26)28-21(24-13)19-16-8-4-2-6-14(16)10-11-18(19)27-12-15-7-3-5-9-17(15)23/h2-11H,12H2,1H3,(H,25,26). The Hall–Kier alpha value is -3.25. The number of hydrogen-bond donors (Lipinski definition) is 1. The Bertz CT molecular complexity index is 1190. The molecule has 0 aliphatic carbocycles. The van der Waals surface area contributed by atoms with Crippen LogP contribution in [0.3, 0.4) is 0 Å². The van der Waals surface area contributed by atoms with Gasteiger partial charge in [-0.2, -0.15) is 0 Å². The fourth-order valence-electron chi connectivity index (χ4n) is 3.07. The van der Waals surface area contributed by atoms with E-state index in [4.69, 9.17) is 4.74 Å². The van der Waals surface area contributed by atoms with E-state index in [1.165, 1.54) is 6.07 Å². The Balaban J connectivity index is 1.83. The number of carbonyl (C=O) groups is 1. The van der Waals surface area contributed by atoms with Crippen LogP contribution in [-0.4, -0.2) is 16.1 Å². The SMILES string of the molecule is Cc1nc(-c2c(OCc3ccccc3F)ccc3ccccc23)sc1C(=O)O. The number of hydrogen-bond acceptors (Lipinski definition) is 4. The van der Waals surface area contributed by atoms with Gasteiger partial charge in [-0.1, -0.05) is 48.5 Å². The topological polar surface area (TPSA) is 59.4 Å². The number of aromatic carboxylic acids is 1. The van der Waals surface area contributed by atoms with Crippen LogP contribution in [-0.2, 0) is 6.61 Å². The molecule has 0 atom stereocenters. The molecule has 28 heavy (non-hydrogen) atoms. The van der Waals surface area contributed by atoms with Gasteiger partial charge in [0.15, 0.2) is 0 Å². The average molecular weight is 393 g/mol. The second-order valence-corrected chi connectivity index (χ2v) is 7.28. The molecule has 0 bridgehead atoms. The Morgan fingerprint density at radius 1 is 1.11 bits per heavy atom. The number of benzene rings is 3. The van der Waals surface area contributed by atoms with E-state index in [9.17, 15) is 14.3 Å². The van der Waals surface area contributed by atoms with Gasteiger partial charge in [-0.25, -0.2) is 14.2 Å². The van der Waals surface area contributed by atoms with Crippen molar-refractivity contribution < 1.29 is 19.0 Å². The van der Waals surface area contributed by atoms with Crippen molar-refractivity contribution in [2.45, 2.75) is 13.5 Å². The maximum Gasteiger partial charge on any atom is 0.347 e. The fourth-order valence-corrected chi connectivity index (χ4v) is 4.03. The predicted molar refractivity (Wildman–Crippen MR) is 107 cm³/mol. The number of fused-ring (bicyclic) bond motifs is 1. The van der Waals surface area contributed by atoms with Crippen LogP contribution < -0.4 is 4.74 Å². The molecule has 0 aliphatic rings. The zero-order valence-electron chi connectivity index (χ0n) is 15.0. The van der Waals surface area contributed by atoms with Gasteiger partial charge in [-0.05, 0) is 29.8 Å². The monoisotopic (exact) mass is 393 g/mol. The predicted octanol–water partition coefficient (Wildman–Crippen LogP) is 5.69. The van der Waals surface area contributed by atoms with Gasteiger partial charge in [0.05, 0.1) is 11.3 Å². The molecule has 3 aromatic carbocycles. The number of nitrogens with zero attached hydrogens (tertiary/aromatic N) is 1. The number of carboxylic acid groups (broad SMARTS) is 1. The molecular weight excluding hydrogens is 377 g/mol. The highest BCUT2D eigenvalue weighted by molar-refractivity contribution is 7.17. The maximum atomic E-state index is 14.0. The average Bonchev–Trinajstić information content (AvgIpc) is 3.08. The Labute approximate surface area is 164 Å². The fraction of sp³-hybridized carbons (Fsp3) is 0.0909. The van der Waals surface area contributed by atoms with Gasteiger partial charge in [0.2, 0.25) is 0 Å². The second kappa shape index (κ2) is 7.40. The van der Waals surface area contributed by atoms with Crippen LogP contribution in [0.25, 0.3) is 21.3 Å². The van der Waals surface area contributed by atoms with E-state index in [-0.39, 0.29) is 17.3 Å². The van der Waals surface area contributed by atoms with Gasteiger partial charge >= 0.3 is 5.97 Å². The molecule has 0 radical (unpaired) electrons. The van der Waals surface area contributed by atoms with E-state index in [0.29, 0.717) is 22.0 Å². The zero-order chi connectivity index (χ0) is 19.7. The van der Waals surface area contributed by atoms with Gasteiger partial charge in [-0.15, -0.1) is 11.3 Å². The molecule has 0 spiro atoms. The molecule has 1 aromatic heterocycles. The Morgan fingerprint density at radius 2 is 1.86 bits per heavy atom. The molecule has 0 unspecified atom stereocenters. The van der Waals surface area contributed by atoms with E-state index < -0.39 is 5.97 Å². The zero-order valence-corrected chi connectivity index (χ0v) is 15.8.